The first-order valence-electron chi connectivity index (χ1n) is 3.59. The minimum Gasteiger partial charge on any atom is -0.312 e. The van der Waals surface area contributed by atoms with Crippen molar-refractivity contribution in [1.82, 2.24) is 9.74 Å². The lowest BCUT2D eigenvalue weighted by molar-refractivity contribution is 0.505. The summed E-state index contributed by atoms with van der Waals surface area (Å²) in [6.45, 7) is 3.06. The van der Waals surface area contributed by atoms with Gasteiger partial charge in [0.15, 0.2) is 0 Å². The molecule has 0 heterocycles. The van der Waals surface area contributed by atoms with Crippen molar-refractivity contribution in [2.24, 2.45) is 0 Å². The zero-order valence-electron chi connectivity index (χ0n) is 7.45. The van der Waals surface area contributed by atoms with Gasteiger partial charge >= 0.3 is 0 Å². The highest BCUT2D eigenvalue weighted by molar-refractivity contribution is 6.13. The highest BCUT2D eigenvalue weighted by Gasteiger charge is 1.75. The lowest BCUT2D eigenvalue weighted by atomic mass is 10.3. The van der Waals surface area contributed by atoms with Crippen LogP contribution in [0.1, 0.15) is 19.8 Å². The van der Waals surface area contributed by atoms with Crippen molar-refractivity contribution in [2.75, 3.05) is 27.7 Å². The first-order valence-corrected chi connectivity index (χ1v) is 3.97. The van der Waals surface area contributed by atoms with E-state index in [1.165, 1.54) is 12.8 Å². The summed E-state index contributed by atoms with van der Waals surface area (Å²) in [5, 5.41) is 0. The minimum absolute atomic E-state index is 0.929. The average molecular weight is 167 g/mol. The van der Waals surface area contributed by atoms with Crippen molar-refractivity contribution in [3.05, 3.63) is 0 Å². The predicted octanol–water partition coefficient (Wildman–Crippen LogP) is 1.71. The van der Waals surface area contributed by atoms with Crippen molar-refractivity contribution in [3.63, 3.8) is 0 Å². The molecule has 10 heavy (non-hydrogen) atoms. The summed E-state index contributed by atoms with van der Waals surface area (Å²) in [5.41, 5.74) is 0. The van der Waals surface area contributed by atoms with Gasteiger partial charge in [-0.15, -0.1) is 0 Å². The second-order valence-electron chi connectivity index (χ2n) is 2.58. The molecule has 0 atom stereocenters. The maximum atomic E-state index is 5.13. The van der Waals surface area contributed by atoms with Gasteiger partial charge in [0.1, 0.15) is 0 Å². The van der Waals surface area contributed by atoms with Crippen LogP contribution in [0.2, 0.25) is 0 Å². The third kappa shape index (κ3) is 41.4. The van der Waals surface area contributed by atoms with Crippen LogP contribution in [0.3, 0.4) is 0 Å². The molecule has 3 heteroatoms. The number of halogens is 1. The quantitative estimate of drug-likeness (QED) is 0.508. The Kier molecular flexibility index (Phi) is 15.3. The molecular formula is C7H19ClN2. The first kappa shape index (κ1) is 12.8. The molecule has 0 aliphatic heterocycles. The fourth-order valence-corrected chi connectivity index (χ4v) is 0.377. The predicted molar refractivity (Wildman–Crippen MR) is 48.4 cm³/mol. The summed E-state index contributed by atoms with van der Waals surface area (Å²) in [6.07, 6.45) is 2.38. The van der Waals surface area contributed by atoms with Crippen LogP contribution in [0.15, 0.2) is 0 Å². The van der Waals surface area contributed by atoms with E-state index in [1.54, 1.807) is 0 Å². The van der Waals surface area contributed by atoms with Crippen molar-refractivity contribution >= 4 is 11.8 Å². The third-order valence-corrected chi connectivity index (χ3v) is 0.814. The van der Waals surface area contributed by atoms with Gasteiger partial charge in [-0.05, 0) is 39.3 Å². The maximum Gasteiger partial charge on any atom is 0.0108 e. The Balaban J connectivity index is 0. The van der Waals surface area contributed by atoms with Crippen LogP contribution in [0.4, 0.5) is 0 Å². The molecule has 0 aliphatic rings. The minimum atomic E-state index is 0.929. The van der Waals surface area contributed by atoms with E-state index >= 15 is 0 Å². The van der Waals surface area contributed by atoms with Crippen LogP contribution in [-0.4, -0.2) is 32.6 Å². The maximum absolute atomic E-state index is 5.13. The highest BCUT2D eigenvalue weighted by Crippen LogP contribution is 1.81. The smallest absolute Gasteiger partial charge is 0.0108 e. The van der Waals surface area contributed by atoms with Gasteiger partial charge in [-0.2, -0.15) is 0 Å². The van der Waals surface area contributed by atoms with Crippen LogP contribution in [0.5, 0.6) is 0 Å². The van der Waals surface area contributed by atoms with E-state index in [9.17, 15) is 0 Å². The van der Waals surface area contributed by atoms with Crippen LogP contribution in [-0.2, 0) is 0 Å². The van der Waals surface area contributed by atoms with E-state index < -0.39 is 0 Å². The number of unbranched alkanes of at least 4 members (excludes halogenated alkanes) is 1. The Morgan fingerprint density at radius 2 is 1.70 bits per heavy atom. The summed E-state index contributed by atoms with van der Waals surface area (Å²) < 4.78 is 0. The summed E-state index contributed by atoms with van der Waals surface area (Å²) in [7, 11) is 6.00. The van der Waals surface area contributed by atoms with Crippen LogP contribution < -0.4 is 4.84 Å². The Hall–Kier alpha value is 0.210. The topological polar surface area (TPSA) is 15.3 Å². The summed E-state index contributed by atoms with van der Waals surface area (Å²) in [4.78, 5) is 4.54. The van der Waals surface area contributed by atoms with Crippen molar-refractivity contribution in [3.8, 4) is 0 Å². The molecule has 0 spiro atoms. The number of hydrogen-bond donors (Lipinski definition) is 1. The van der Waals surface area contributed by atoms with Crippen molar-refractivity contribution in [2.45, 2.75) is 19.8 Å². The molecule has 0 radical (unpaired) electrons. The lowest BCUT2D eigenvalue weighted by Crippen LogP contribution is -1.99. The lowest BCUT2D eigenvalue weighted by Gasteiger charge is -1.90. The highest BCUT2D eigenvalue weighted by atomic mass is 35.5. The monoisotopic (exact) mass is 166 g/mol. The molecule has 0 aromatic heterocycles. The fraction of sp³-hybridized carbons (Fsp3) is 1.00. The van der Waals surface area contributed by atoms with E-state index in [2.05, 4.69) is 11.8 Å². The Morgan fingerprint density at radius 1 is 1.30 bits per heavy atom. The molecular weight excluding hydrogens is 148 g/mol. The van der Waals surface area contributed by atoms with Crippen LogP contribution in [0.25, 0.3) is 0 Å². The van der Waals surface area contributed by atoms with E-state index in [-0.39, 0.29) is 0 Å². The molecule has 0 saturated heterocycles. The molecule has 64 valence electrons. The van der Waals surface area contributed by atoms with Crippen LogP contribution in [0, 0.1) is 0 Å². The van der Waals surface area contributed by atoms with Crippen molar-refractivity contribution < 1.29 is 0 Å². The number of nitrogens with zero attached hydrogens (tertiary/aromatic N) is 1. The largest absolute Gasteiger partial charge is 0.312 e. The van der Waals surface area contributed by atoms with E-state index in [1.807, 2.05) is 26.0 Å². The second kappa shape index (κ2) is 11.9. The van der Waals surface area contributed by atoms with E-state index in [0.29, 0.717) is 0 Å². The van der Waals surface area contributed by atoms with E-state index in [0.717, 1.165) is 6.54 Å². The molecule has 0 aliphatic carbocycles. The molecule has 0 aromatic rings. The molecule has 0 rings (SSSR count). The summed E-state index contributed by atoms with van der Waals surface area (Å²) in [5.74, 6) is 0. The number of hydrogen-bond acceptors (Lipinski definition) is 2. The number of rotatable bonds is 3. The summed E-state index contributed by atoms with van der Waals surface area (Å²) in [6, 6.07) is 0. The molecule has 0 aromatic carbocycles. The average Bonchev–Trinajstić information content (AvgIpc) is 1.82. The SMILES string of the molecule is CCCCNCl.CN(C)C. The van der Waals surface area contributed by atoms with Gasteiger partial charge in [-0.25, -0.2) is 4.84 Å². The molecule has 0 bridgehead atoms. The Labute approximate surface area is 69.7 Å². The van der Waals surface area contributed by atoms with Crippen LogP contribution >= 0.6 is 11.8 Å². The zero-order valence-corrected chi connectivity index (χ0v) is 8.20. The van der Waals surface area contributed by atoms with Gasteiger partial charge in [-0.3, -0.25) is 0 Å². The molecule has 0 saturated carbocycles. The van der Waals surface area contributed by atoms with Gasteiger partial charge in [0.25, 0.3) is 0 Å². The van der Waals surface area contributed by atoms with Gasteiger partial charge in [0.2, 0.25) is 0 Å². The molecule has 0 unspecified atom stereocenters. The Bertz CT molecular complexity index is 42.1. The third-order valence-electron chi connectivity index (χ3n) is 0.625. The zero-order chi connectivity index (χ0) is 8.41. The molecule has 0 amide bonds. The van der Waals surface area contributed by atoms with Gasteiger partial charge in [0, 0.05) is 6.54 Å². The molecule has 0 fully saturated rings. The normalized spacial score (nSPS) is 9.00. The molecule has 1 N–H and O–H groups in total. The number of nitrogens with one attached hydrogen (secondary N) is 1. The van der Waals surface area contributed by atoms with Gasteiger partial charge < -0.3 is 4.90 Å². The molecule has 2 nitrogen and oxygen atoms in total. The van der Waals surface area contributed by atoms with Gasteiger partial charge in [0.05, 0.1) is 0 Å². The summed E-state index contributed by atoms with van der Waals surface area (Å²) >= 11 is 5.13. The second-order valence-corrected chi connectivity index (χ2v) is 2.85. The van der Waals surface area contributed by atoms with Crippen molar-refractivity contribution in [1.29, 1.82) is 0 Å². The fourth-order valence-electron chi connectivity index (χ4n) is 0.244. The Morgan fingerprint density at radius 3 is 1.80 bits per heavy atom. The van der Waals surface area contributed by atoms with E-state index in [4.69, 9.17) is 11.8 Å². The standard InChI is InChI=1S/C4H10ClN.C3H9N/c1-2-3-4-6-5;1-4(2)3/h6H,2-4H2,1H3;1-3H3. The first-order chi connectivity index (χ1) is 4.65. The van der Waals surface area contributed by atoms with Gasteiger partial charge in [-0.1, -0.05) is 13.3 Å².